The average molecular weight is 321 g/mol. The van der Waals surface area contributed by atoms with Crippen molar-refractivity contribution in [3.05, 3.63) is 28.3 Å². The largest absolute Gasteiger partial charge is 1.00 e. The summed E-state index contributed by atoms with van der Waals surface area (Å²) in [5, 5.41) is 10.6. The molecule has 0 spiro atoms. The van der Waals surface area contributed by atoms with Crippen molar-refractivity contribution in [2.75, 3.05) is 25.7 Å². The molecular weight excluding hydrogens is 309 g/mol. The van der Waals surface area contributed by atoms with E-state index in [0.717, 1.165) is 18.0 Å². The van der Waals surface area contributed by atoms with Crippen molar-refractivity contribution in [2.45, 2.75) is 0 Å². The summed E-state index contributed by atoms with van der Waals surface area (Å²) in [6, 6.07) is 5.01. The number of rotatable bonds is 1. The van der Waals surface area contributed by atoms with E-state index in [0.29, 0.717) is 0 Å². The molecule has 0 fully saturated rings. The first-order valence-electron chi connectivity index (χ1n) is 4.42. The molecule has 0 aliphatic carbocycles. The molecule has 82 valence electrons. The van der Waals surface area contributed by atoms with Crippen molar-refractivity contribution in [2.24, 2.45) is 0 Å². The first-order valence-corrected chi connectivity index (χ1v) is 4.42. The van der Waals surface area contributed by atoms with Crippen LogP contribution in [0.15, 0.2) is 18.2 Å². The summed E-state index contributed by atoms with van der Waals surface area (Å²) in [7, 11) is 3.99. The van der Waals surface area contributed by atoms with Gasteiger partial charge in [0.2, 0.25) is 0 Å². The van der Waals surface area contributed by atoms with Crippen LogP contribution in [0.5, 0.6) is 0 Å². The van der Waals surface area contributed by atoms with Crippen LogP contribution in [0.2, 0.25) is 0 Å². The van der Waals surface area contributed by atoms with Crippen LogP contribution in [0.25, 0.3) is 0 Å². The molecular formula is C9H12IN3O2. The van der Waals surface area contributed by atoms with Gasteiger partial charge in [0, 0.05) is 25.2 Å². The first kappa shape index (κ1) is 12.2. The van der Waals surface area contributed by atoms with Crippen LogP contribution in [0.3, 0.4) is 0 Å². The molecule has 15 heavy (non-hydrogen) atoms. The minimum absolute atomic E-state index is 0. The highest BCUT2D eigenvalue weighted by molar-refractivity contribution is 5.68. The van der Waals surface area contributed by atoms with E-state index >= 15 is 0 Å². The molecule has 0 radical (unpaired) electrons. The minimum atomic E-state index is -0.359. The van der Waals surface area contributed by atoms with Crippen molar-refractivity contribution in [3.63, 3.8) is 0 Å². The average Bonchev–Trinajstić information content (AvgIpc) is 2.42. The van der Waals surface area contributed by atoms with Gasteiger partial charge in [-0.3, -0.25) is 15.0 Å². The molecule has 0 bridgehead atoms. The fraction of sp³-hybridized carbons (Fsp3) is 0.333. The Kier molecular flexibility index (Phi) is 3.50. The van der Waals surface area contributed by atoms with Gasteiger partial charge in [0.25, 0.3) is 5.69 Å². The molecule has 0 saturated carbocycles. The fourth-order valence-corrected chi connectivity index (χ4v) is 1.84. The monoisotopic (exact) mass is 321 g/mol. The number of nitro groups is 1. The molecule has 1 N–H and O–H groups in total. The first-order chi connectivity index (χ1) is 6.59. The molecule has 1 unspecified atom stereocenters. The van der Waals surface area contributed by atoms with Crippen molar-refractivity contribution >= 4 is 17.1 Å². The maximum absolute atomic E-state index is 10.6. The molecule has 0 amide bonds. The van der Waals surface area contributed by atoms with Gasteiger partial charge in [-0.25, -0.2) is 0 Å². The zero-order chi connectivity index (χ0) is 10.3. The topological polar surface area (TPSA) is 50.8 Å². The van der Waals surface area contributed by atoms with Crippen molar-refractivity contribution in [1.29, 1.82) is 0 Å². The number of quaternary nitrogens is 1. The van der Waals surface area contributed by atoms with E-state index < -0.39 is 0 Å². The zero-order valence-corrected chi connectivity index (χ0v) is 10.7. The number of hydrogen-bond acceptors (Lipinski definition) is 3. The van der Waals surface area contributed by atoms with Crippen LogP contribution in [0, 0.1) is 10.1 Å². The molecule has 0 aromatic heterocycles. The number of anilines is 1. The van der Waals surface area contributed by atoms with Gasteiger partial charge >= 0.3 is 0 Å². The highest BCUT2D eigenvalue weighted by atomic mass is 127. The smallest absolute Gasteiger partial charge is 0.271 e. The van der Waals surface area contributed by atoms with Crippen LogP contribution in [-0.2, 0) is 0 Å². The van der Waals surface area contributed by atoms with E-state index in [9.17, 15) is 10.1 Å². The number of nitrogens with zero attached hydrogens (tertiary/aromatic N) is 2. The van der Waals surface area contributed by atoms with E-state index in [4.69, 9.17) is 0 Å². The highest BCUT2D eigenvalue weighted by Gasteiger charge is 2.27. The Hall–Kier alpha value is -0.890. The van der Waals surface area contributed by atoms with E-state index in [1.165, 1.54) is 4.90 Å². The summed E-state index contributed by atoms with van der Waals surface area (Å²) in [5.41, 5.74) is 2.24. The van der Waals surface area contributed by atoms with Gasteiger partial charge in [-0.15, -0.1) is 0 Å². The summed E-state index contributed by atoms with van der Waals surface area (Å²) in [4.78, 5) is 13.5. The molecule has 1 aromatic carbocycles. The summed E-state index contributed by atoms with van der Waals surface area (Å²) in [6.45, 7) is 0.858. The Labute approximate surface area is 105 Å². The summed E-state index contributed by atoms with van der Waals surface area (Å²) < 4.78 is 0. The Morgan fingerprint density at radius 1 is 1.53 bits per heavy atom. The molecule has 1 aromatic rings. The van der Waals surface area contributed by atoms with Crippen LogP contribution >= 0.6 is 0 Å². The van der Waals surface area contributed by atoms with Gasteiger partial charge in [0.15, 0.2) is 12.4 Å². The Morgan fingerprint density at radius 2 is 2.20 bits per heavy atom. The standard InChI is InChI=1S/C9H11N3O2.HI/c1-10-6-11(2)9-5-7(12(13)14)3-4-8(9)10;/h3-5H,6H2,1-2H3;1H. The van der Waals surface area contributed by atoms with E-state index in [-0.39, 0.29) is 34.6 Å². The SMILES string of the molecule is CN1C[NH+](C)c2ccc([N+](=O)[O-])cc21.[I-]. The summed E-state index contributed by atoms with van der Waals surface area (Å²) >= 11 is 0. The number of fused-ring (bicyclic) bond motifs is 1. The van der Waals surface area contributed by atoms with Gasteiger partial charge in [0.1, 0.15) is 5.69 Å². The van der Waals surface area contributed by atoms with Gasteiger partial charge in [-0.1, -0.05) is 0 Å². The lowest BCUT2D eigenvalue weighted by atomic mass is 10.2. The predicted molar refractivity (Wildman–Crippen MR) is 52.9 cm³/mol. The van der Waals surface area contributed by atoms with Gasteiger partial charge in [-0.2, -0.15) is 0 Å². The van der Waals surface area contributed by atoms with E-state index in [2.05, 4.69) is 0 Å². The van der Waals surface area contributed by atoms with Crippen LogP contribution in [0.1, 0.15) is 0 Å². The molecule has 1 aliphatic heterocycles. The second-order valence-corrected chi connectivity index (χ2v) is 3.59. The molecule has 5 nitrogen and oxygen atoms in total. The lowest BCUT2D eigenvalue weighted by molar-refractivity contribution is -0.802. The van der Waals surface area contributed by atoms with Crippen LogP contribution in [-0.4, -0.2) is 25.7 Å². The quantitative estimate of drug-likeness (QED) is 0.344. The summed E-state index contributed by atoms with van der Waals surface area (Å²) in [5.74, 6) is 0. The minimum Gasteiger partial charge on any atom is -1.00 e. The molecule has 2 rings (SSSR count). The van der Waals surface area contributed by atoms with Gasteiger partial charge in [-0.05, 0) is 0 Å². The van der Waals surface area contributed by atoms with Gasteiger partial charge < -0.3 is 28.9 Å². The van der Waals surface area contributed by atoms with Crippen LogP contribution < -0.4 is 33.8 Å². The highest BCUT2D eigenvalue weighted by Crippen LogP contribution is 2.29. The Balaban J connectivity index is 0.00000112. The maximum atomic E-state index is 10.6. The number of benzene rings is 1. The van der Waals surface area contributed by atoms with Crippen molar-refractivity contribution < 1.29 is 33.8 Å². The number of non-ortho nitro benzene ring substituents is 1. The molecule has 1 heterocycles. The number of nitro benzene ring substituents is 1. The number of halogens is 1. The lowest BCUT2D eigenvalue weighted by Gasteiger charge is -2.06. The molecule has 1 aliphatic rings. The lowest BCUT2D eigenvalue weighted by Crippen LogP contribution is -3.03. The number of hydrogen-bond donors (Lipinski definition) is 1. The Morgan fingerprint density at radius 3 is 2.80 bits per heavy atom. The predicted octanol–water partition coefficient (Wildman–Crippen LogP) is -2.85. The second kappa shape index (κ2) is 4.31. The van der Waals surface area contributed by atoms with Crippen molar-refractivity contribution in [3.8, 4) is 0 Å². The fourth-order valence-electron chi connectivity index (χ4n) is 1.84. The van der Waals surface area contributed by atoms with E-state index in [1.807, 2.05) is 25.1 Å². The summed E-state index contributed by atoms with van der Waals surface area (Å²) in [6.07, 6.45) is 0. The Bertz CT molecular complexity index is 397. The molecule has 6 heteroatoms. The van der Waals surface area contributed by atoms with E-state index in [1.54, 1.807) is 12.1 Å². The van der Waals surface area contributed by atoms with Crippen molar-refractivity contribution in [1.82, 2.24) is 0 Å². The van der Waals surface area contributed by atoms with Gasteiger partial charge in [0.05, 0.1) is 12.0 Å². The second-order valence-electron chi connectivity index (χ2n) is 3.59. The zero-order valence-electron chi connectivity index (χ0n) is 8.53. The molecule has 1 atom stereocenters. The van der Waals surface area contributed by atoms with Crippen LogP contribution in [0.4, 0.5) is 17.1 Å². The number of nitrogens with one attached hydrogen (secondary N) is 1. The normalized spacial score (nSPS) is 18.3. The third kappa shape index (κ3) is 2.05. The third-order valence-electron chi connectivity index (χ3n) is 2.54. The maximum Gasteiger partial charge on any atom is 0.271 e. The third-order valence-corrected chi connectivity index (χ3v) is 2.54. The molecule has 0 saturated heterocycles.